The number of halogens is 1. The summed E-state index contributed by atoms with van der Waals surface area (Å²) in [5, 5.41) is 0.283. The minimum Gasteiger partial charge on any atom is -0.495 e. The second kappa shape index (κ2) is 5.51. The van der Waals surface area contributed by atoms with E-state index in [1.807, 2.05) is 0 Å². The van der Waals surface area contributed by atoms with Crippen LogP contribution in [0.2, 0.25) is 5.02 Å². The predicted molar refractivity (Wildman–Crippen MR) is 59.3 cm³/mol. The number of benzene rings is 1. The van der Waals surface area contributed by atoms with Gasteiger partial charge in [-0.05, 0) is 19.1 Å². The van der Waals surface area contributed by atoms with E-state index in [0.717, 1.165) is 0 Å². The Hall–Kier alpha value is -1.55. The lowest BCUT2D eigenvalue weighted by Crippen LogP contribution is -2.08. The van der Waals surface area contributed by atoms with Crippen LogP contribution in [-0.4, -0.2) is 26.0 Å². The zero-order valence-electron chi connectivity index (χ0n) is 8.95. The Morgan fingerprint density at radius 3 is 2.69 bits per heavy atom. The normalized spacial score (nSPS) is 9.69. The van der Waals surface area contributed by atoms with Crippen molar-refractivity contribution in [3.8, 4) is 5.75 Å². The third-order valence-corrected chi connectivity index (χ3v) is 2.13. The molecule has 1 rings (SSSR count). The van der Waals surface area contributed by atoms with Crippen LogP contribution in [0.15, 0.2) is 12.1 Å². The molecule has 0 heterocycles. The average molecular weight is 243 g/mol. The summed E-state index contributed by atoms with van der Waals surface area (Å²) in [6.45, 7) is 1.93. The van der Waals surface area contributed by atoms with Gasteiger partial charge in [0, 0.05) is 5.02 Å². The molecule has 16 heavy (non-hydrogen) atoms. The van der Waals surface area contributed by atoms with Crippen molar-refractivity contribution in [2.75, 3.05) is 13.7 Å². The van der Waals surface area contributed by atoms with Crippen LogP contribution in [-0.2, 0) is 4.74 Å². The first kappa shape index (κ1) is 12.5. The van der Waals surface area contributed by atoms with Gasteiger partial charge in [-0.3, -0.25) is 4.79 Å². The van der Waals surface area contributed by atoms with Gasteiger partial charge in [0.05, 0.1) is 19.3 Å². The predicted octanol–water partition coefficient (Wildman–Crippen LogP) is 2.34. The number of esters is 1. The molecule has 0 N–H and O–H groups in total. The molecule has 86 valence electrons. The van der Waals surface area contributed by atoms with Gasteiger partial charge in [-0.1, -0.05) is 11.6 Å². The Balaban J connectivity index is 3.30. The fraction of sp³-hybridized carbons (Fsp3) is 0.273. The maximum Gasteiger partial charge on any atom is 0.341 e. The molecule has 0 aromatic heterocycles. The lowest BCUT2D eigenvalue weighted by molar-refractivity contribution is 0.0522. The SMILES string of the molecule is CCOC(=O)c1cc(Cl)cc(C=O)c1OC. The number of ether oxygens (including phenoxy) is 2. The van der Waals surface area contributed by atoms with Crippen LogP contribution in [0.25, 0.3) is 0 Å². The number of carbonyl (C=O) groups excluding carboxylic acids is 2. The molecule has 0 amide bonds. The largest absolute Gasteiger partial charge is 0.495 e. The molecule has 0 aliphatic heterocycles. The van der Waals surface area contributed by atoms with E-state index in [1.54, 1.807) is 6.92 Å². The first-order chi connectivity index (χ1) is 7.63. The summed E-state index contributed by atoms with van der Waals surface area (Å²) in [5.74, 6) is -0.386. The van der Waals surface area contributed by atoms with E-state index < -0.39 is 5.97 Å². The van der Waals surface area contributed by atoms with Crippen LogP contribution < -0.4 is 4.74 Å². The molecule has 0 fully saturated rings. The first-order valence-electron chi connectivity index (χ1n) is 4.63. The Morgan fingerprint density at radius 2 is 2.19 bits per heavy atom. The quantitative estimate of drug-likeness (QED) is 0.601. The minimum atomic E-state index is -0.565. The number of hydrogen-bond acceptors (Lipinski definition) is 4. The Labute approximate surface area is 98.1 Å². The molecule has 5 heteroatoms. The number of rotatable bonds is 4. The van der Waals surface area contributed by atoms with Gasteiger partial charge in [0.2, 0.25) is 0 Å². The summed E-state index contributed by atoms with van der Waals surface area (Å²) in [4.78, 5) is 22.3. The second-order valence-corrected chi connectivity index (χ2v) is 3.35. The summed E-state index contributed by atoms with van der Waals surface area (Å²) in [5.41, 5.74) is 0.372. The lowest BCUT2D eigenvalue weighted by Gasteiger charge is -2.10. The van der Waals surface area contributed by atoms with Crippen LogP contribution in [0.3, 0.4) is 0 Å². The van der Waals surface area contributed by atoms with Crippen molar-refractivity contribution in [1.82, 2.24) is 0 Å². The van der Waals surface area contributed by atoms with E-state index in [1.165, 1.54) is 19.2 Å². The third-order valence-electron chi connectivity index (χ3n) is 1.91. The zero-order valence-corrected chi connectivity index (χ0v) is 9.71. The van der Waals surface area contributed by atoms with Gasteiger partial charge in [-0.2, -0.15) is 0 Å². The van der Waals surface area contributed by atoms with Gasteiger partial charge in [0.25, 0.3) is 0 Å². The van der Waals surface area contributed by atoms with Crippen LogP contribution in [0.1, 0.15) is 27.6 Å². The number of aldehydes is 1. The monoisotopic (exact) mass is 242 g/mol. The molecular formula is C11H11ClO4. The van der Waals surface area contributed by atoms with E-state index in [2.05, 4.69) is 0 Å². The maximum atomic E-state index is 11.6. The highest BCUT2D eigenvalue weighted by Gasteiger charge is 2.18. The Kier molecular flexibility index (Phi) is 4.31. The number of methoxy groups -OCH3 is 1. The molecular weight excluding hydrogens is 232 g/mol. The van der Waals surface area contributed by atoms with E-state index in [-0.39, 0.29) is 28.5 Å². The van der Waals surface area contributed by atoms with Crippen molar-refractivity contribution in [2.45, 2.75) is 6.92 Å². The molecule has 0 bridgehead atoms. The highest BCUT2D eigenvalue weighted by Crippen LogP contribution is 2.27. The molecule has 0 spiro atoms. The van der Waals surface area contributed by atoms with Gasteiger partial charge >= 0.3 is 5.97 Å². The topological polar surface area (TPSA) is 52.6 Å². The van der Waals surface area contributed by atoms with Crippen LogP contribution in [0, 0.1) is 0 Å². The second-order valence-electron chi connectivity index (χ2n) is 2.91. The molecule has 0 atom stereocenters. The lowest BCUT2D eigenvalue weighted by atomic mass is 10.1. The molecule has 0 radical (unpaired) electrons. The van der Waals surface area contributed by atoms with Crippen molar-refractivity contribution < 1.29 is 19.1 Å². The van der Waals surface area contributed by atoms with Gasteiger partial charge < -0.3 is 9.47 Å². The van der Waals surface area contributed by atoms with E-state index in [4.69, 9.17) is 21.1 Å². The van der Waals surface area contributed by atoms with Crippen molar-refractivity contribution in [2.24, 2.45) is 0 Å². The summed E-state index contributed by atoms with van der Waals surface area (Å²) in [6.07, 6.45) is 0.577. The standard InChI is InChI=1S/C11H11ClO4/c1-3-16-11(14)9-5-8(12)4-7(6-13)10(9)15-2/h4-6H,3H2,1-2H3. The summed E-state index contributed by atoms with van der Waals surface area (Å²) in [6, 6.07) is 2.83. The van der Waals surface area contributed by atoms with Crippen molar-refractivity contribution in [3.05, 3.63) is 28.3 Å². The fourth-order valence-corrected chi connectivity index (χ4v) is 1.52. The fourth-order valence-electron chi connectivity index (χ4n) is 1.29. The molecule has 0 saturated carbocycles. The maximum absolute atomic E-state index is 11.6. The highest BCUT2D eigenvalue weighted by atomic mass is 35.5. The molecule has 0 unspecified atom stereocenters. The Morgan fingerprint density at radius 1 is 1.50 bits per heavy atom. The smallest absolute Gasteiger partial charge is 0.341 e. The molecule has 4 nitrogen and oxygen atoms in total. The summed E-state index contributed by atoms with van der Waals surface area (Å²) < 4.78 is 9.83. The third kappa shape index (κ3) is 2.52. The van der Waals surface area contributed by atoms with E-state index >= 15 is 0 Å². The molecule has 0 aliphatic carbocycles. The van der Waals surface area contributed by atoms with Gasteiger partial charge in [-0.15, -0.1) is 0 Å². The van der Waals surface area contributed by atoms with E-state index in [0.29, 0.717) is 6.29 Å². The Bertz CT molecular complexity index is 415. The van der Waals surface area contributed by atoms with Crippen LogP contribution in [0.4, 0.5) is 0 Å². The van der Waals surface area contributed by atoms with Gasteiger partial charge in [0.1, 0.15) is 11.3 Å². The van der Waals surface area contributed by atoms with Crippen molar-refractivity contribution in [1.29, 1.82) is 0 Å². The molecule has 1 aromatic carbocycles. The zero-order chi connectivity index (χ0) is 12.1. The molecule has 1 aromatic rings. The van der Waals surface area contributed by atoms with Crippen molar-refractivity contribution >= 4 is 23.9 Å². The molecule has 0 aliphatic rings. The van der Waals surface area contributed by atoms with Gasteiger partial charge in [0.15, 0.2) is 6.29 Å². The summed E-state index contributed by atoms with van der Waals surface area (Å²) in [7, 11) is 1.37. The number of hydrogen-bond donors (Lipinski definition) is 0. The van der Waals surface area contributed by atoms with Crippen LogP contribution >= 0.6 is 11.6 Å². The highest BCUT2D eigenvalue weighted by molar-refractivity contribution is 6.31. The van der Waals surface area contributed by atoms with Gasteiger partial charge in [-0.25, -0.2) is 4.79 Å². The molecule has 0 saturated heterocycles. The van der Waals surface area contributed by atoms with Crippen molar-refractivity contribution in [3.63, 3.8) is 0 Å². The van der Waals surface area contributed by atoms with Crippen LogP contribution in [0.5, 0.6) is 5.75 Å². The number of carbonyl (C=O) groups is 2. The first-order valence-corrected chi connectivity index (χ1v) is 5.01. The average Bonchev–Trinajstić information content (AvgIpc) is 2.28. The minimum absolute atomic E-state index is 0.152. The van der Waals surface area contributed by atoms with E-state index in [9.17, 15) is 9.59 Å². The summed E-state index contributed by atoms with van der Waals surface area (Å²) >= 11 is 5.78.